The quantitative estimate of drug-likeness (QED) is 0.428. The van der Waals surface area contributed by atoms with Crippen LogP contribution in [0.4, 0.5) is 5.82 Å². The first-order chi connectivity index (χ1) is 15.1. The van der Waals surface area contributed by atoms with Crippen LogP contribution in [-0.2, 0) is 15.4 Å². The minimum Gasteiger partial charge on any atom is -0.263 e. The molecule has 2 aromatic carbocycles. The number of hydrogen-bond acceptors (Lipinski definition) is 4. The van der Waals surface area contributed by atoms with Crippen LogP contribution in [0.25, 0.3) is 16.6 Å². The maximum atomic E-state index is 13.2. The van der Waals surface area contributed by atoms with Gasteiger partial charge in [-0.05, 0) is 53.3 Å². The summed E-state index contributed by atoms with van der Waals surface area (Å²) in [5.41, 5.74) is 3.41. The van der Waals surface area contributed by atoms with Crippen LogP contribution in [0.1, 0.15) is 51.8 Å². The third-order valence-corrected chi connectivity index (χ3v) is 6.81. The van der Waals surface area contributed by atoms with Gasteiger partial charge in [-0.15, -0.1) is 0 Å². The molecule has 2 heterocycles. The molecule has 0 aliphatic rings. The molecule has 0 unspecified atom stereocenters. The van der Waals surface area contributed by atoms with Gasteiger partial charge in [0.25, 0.3) is 10.0 Å². The lowest BCUT2D eigenvalue weighted by Gasteiger charge is -2.19. The summed E-state index contributed by atoms with van der Waals surface area (Å²) in [5.74, 6) is 0.531. The Balaban J connectivity index is 1.79. The highest BCUT2D eigenvalue weighted by Gasteiger charge is 2.22. The number of pyridine rings is 1. The van der Waals surface area contributed by atoms with Gasteiger partial charge in [-0.2, -0.15) is 5.10 Å². The zero-order valence-corrected chi connectivity index (χ0v) is 19.8. The monoisotopic (exact) mass is 448 g/mol. The summed E-state index contributed by atoms with van der Waals surface area (Å²) in [6, 6.07) is 18.4. The number of benzene rings is 2. The average molecular weight is 449 g/mol. The molecule has 0 aliphatic carbocycles. The van der Waals surface area contributed by atoms with E-state index in [4.69, 9.17) is 5.10 Å². The second-order valence-corrected chi connectivity index (χ2v) is 10.9. The molecule has 0 saturated carbocycles. The highest BCUT2D eigenvalue weighted by molar-refractivity contribution is 7.92. The van der Waals surface area contributed by atoms with Crippen LogP contribution >= 0.6 is 0 Å². The SMILES string of the molecule is CC(C)c1cc(NS(=O)(=O)c2ccc(C(C)(C)C)cc2)n(-c2cccc3ncccc23)n1. The van der Waals surface area contributed by atoms with E-state index in [0.717, 1.165) is 27.8 Å². The largest absolute Gasteiger partial charge is 0.263 e. The normalized spacial score (nSPS) is 12.4. The molecule has 2 aromatic heterocycles. The fraction of sp³-hybridized carbons (Fsp3) is 0.280. The maximum Gasteiger partial charge on any atom is 0.263 e. The molecule has 0 fully saturated rings. The van der Waals surface area contributed by atoms with E-state index in [1.807, 2.05) is 56.3 Å². The first-order valence-corrected chi connectivity index (χ1v) is 12.1. The zero-order chi connectivity index (χ0) is 23.1. The van der Waals surface area contributed by atoms with Crippen LogP contribution < -0.4 is 4.72 Å². The van der Waals surface area contributed by atoms with E-state index in [-0.39, 0.29) is 16.2 Å². The second kappa shape index (κ2) is 8.06. The molecule has 0 amide bonds. The van der Waals surface area contributed by atoms with Crippen molar-refractivity contribution in [2.75, 3.05) is 4.72 Å². The molecule has 0 radical (unpaired) electrons. The smallest absolute Gasteiger partial charge is 0.263 e. The third kappa shape index (κ3) is 4.25. The Bertz CT molecular complexity index is 1360. The number of rotatable bonds is 5. The van der Waals surface area contributed by atoms with Gasteiger partial charge in [-0.1, -0.05) is 52.8 Å². The van der Waals surface area contributed by atoms with Gasteiger partial charge in [-0.3, -0.25) is 9.71 Å². The predicted molar refractivity (Wildman–Crippen MR) is 129 cm³/mol. The molecule has 0 aliphatic heterocycles. The van der Waals surface area contributed by atoms with Gasteiger partial charge in [0.1, 0.15) is 5.82 Å². The van der Waals surface area contributed by atoms with Gasteiger partial charge in [0, 0.05) is 17.6 Å². The summed E-state index contributed by atoms with van der Waals surface area (Å²) in [5, 5.41) is 5.61. The Morgan fingerprint density at radius 2 is 1.69 bits per heavy atom. The molecular formula is C25H28N4O2S. The van der Waals surface area contributed by atoms with Gasteiger partial charge < -0.3 is 0 Å². The first kappa shape index (κ1) is 22.0. The molecular weight excluding hydrogens is 420 g/mol. The number of sulfonamides is 1. The van der Waals surface area contributed by atoms with E-state index in [0.29, 0.717) is 5.82 Å². The third-order valence-electron chi connectivity index (χ3n) is 5.44. The number of nitrogens with one attached hydrogen (secondary N) is 1. The Morgan fingerprint density at radius 1 is 0.969 bits per heavy atom. The Hall–Kier alpha value is -3.19. The summed E-state index contributed by atoms with van der Waals surface area (Å²) in [6.45, 7) is 10.3. The van der Waals surface area contributed by atoms with Crippen LogP contribution in [0, 0.1) is 0 Å². The standard InChI is InChI=1S/C25H28N4O2S/c1-17(2)22-16-24(28-32(30,31)19-13-11-18(12-14-19)25(3,4)5)29(27-22)23-10-6-9-21-20(23)8-7-15-26-21/h6-17,28H,1-5H3. The van der Waals surface area contributed by atoms with Gasteiger partial charge in [-0.25, -0.2) is 13.1 Å². The maximum absolute atomic E-state index is 13.2. The number of anilines is 1. The summed E-state index contributed by atoms with van der Waals surface area (Å²) >= 11 is 0. The van der Waals surface area contributed by atoms with Crippen molar-refractivity contribution in [1.29, 1.82) is 0 Å². The Labute approximate surface area is 189 Å². The van der Waals surface area contributed by atoms with Crippen LogP contribution in [0.3, 0.4) is 0 Å². The van der Waals surface area contributed by atoms with Crippen molar-refractivity contribution in [3.63, 3.8) is 0 Å². The van der Waals surface area contributed by atoms with Gasteiger partial charge in [0.15, 0.2) is 0 Å². The molecule has 0 atom stereocenters. The van der Waals surface area contributed by atoms with E-state index in [2.05, 4.69) is 30.5 Å². The van der Waals surface area contributed by atoms with Crippen LogP contribution in [0.15, 0.2) is 71.8 Å². The lowest BCUT2D eigenvalue weighted by atomic mass is 9.87. The van der Waals surface area contributed by atoms with Crippen molar-refractivity contribution in [2.45, 2.75) is 50.8 Å². The summed E-state index contributed by atoms with van der Waals surface area (Å²) in [4.78, 5) is 4.62. The van der Waals surface area contributed by atoms with Crippen molar-refractivity contribution in [3.8, 4) is 5.69 Å². The second-order valence-electron chi connectivity index (χ2n) is 9.25. The molecule has 166 valence electrons. The molecule has 4 rings (SSSR count). The average Bonchev–Trinajstić information content (AvgIpc) is 3.16. The van der Waals surface area contributed by atoms with Crippen molar-refractivity contribution in [2.24, 2.45) is 0 Å². The van der Waals surface area contributed by atoms with Gasteiger partial charge >= 0.3 is 0 Å². The van der Waals surface area contributed by atoms with E-state index < -0.39 is 10.0 Å². The number of nitrogens with zero attached hydrogens (tertiary/aromatic N) is 3. The minimum atomic E-state index is -3.80. The van der Waals surface area contributed by atoms with Crippen LogP contribution in [0.5, 0.6) is 0 Å². The Morgan fingerprint density at radius 3 is 2.34 bits per heavy atom. The lowest BCUT2D eigenvalue weighted by Crippen LogP contribution is -2.17. The fourth-order valence-corrected chi connectivity index (χ4v) is 4.57. The van der Waals surface area contributed by atoms with Crippen molar-refractivity contribution in [3.05, 3.63) is 78.1 Å². The zero-order valence-electron chi connectivity index (χ0n) is 19.0. The summed E-state index contributed by atoms with van der Waals surface area (Å²) < 4.78 is 30.9. The molecule has 1 N–H and O–H groups in total. The van der Waals surface area contributed by atoms with Crippen molar-refractivity contribution >= 4 is 26.7 Å². The highest BCUT2D eigenvalue weighted by atomic mass is 32.2. The highest BCUT2D eigenvalue weighted by Crippen LogP contribution is 2.29. The molecule has 4 aromatic rings. The van der Waals surface area contributed by atoms with Crippen molar-refractivity contribution < 1.29 is 8.42 Å². The molecule has 0 spiro atoms. The van der Waals surface area contributed by atoms with Crippen molar-refractivity contribution in [1.82, 2.24) is 14.8 Å². The Kier molecular flexibility index (Phi) is 5.54. The fourth-order valence-electron chi connectivity index (χ4n) is 3.54. The minimum absolute atomic E-state index is 0.0527. The van der Waals surface area contributed by atoms with E-state index in [9.17, 15) is 8.42 Å². The van der Waals surface area contributed by atoms with E-state index in [1.54, 1.807) is 29.1 Å². The van der Waals surface area contributed by atoms with Crippen LogP contribution in [-0.4, -0.2) is 23.2 Å². The van der Waals surface area contributed by atoms with Crippen LogP contribution in [0.2, 0.25) is 0 Å². The molecule has 6 nitrogen and oxygen atoms in total. The van der Waals surface area contributed by atoms with E-state index >= 15 is 0 Å². The molecule has 0 bridgehead atoms. The lowest BCUT2D eigenvalue weighted by molar-refractivity contribution is 0.587. The number of hydrogen-bond donors (Lipinski definition) is 1. The number of aromatic nitrogens is 3. The topological polar surface area (TPSA) is 76.9 Å². The molecule has 0 saturated heterocycles. The van der Waals surface area contributed by atoms with Gasteiger partial charge in [0.2, 0.25) is 0 Å². The first-order valence-electron chi connectivity index (χ1n) is 10.6. The predicted octanol–water partition coefficient (Wildman–Crippen LogP) is 5.64. The summed E-state index contributed by atoms with van der Waals surface area (Å²) in [6.07, 6.45) is 1.74. The van der Waals surface area contributed by atoms with E-state index in [1.165, 1.54) is 0 Å². The molecule has 32 heavy (non-hydrogen) atoms. The molecule has 7 heteroatoms. The van der Waals surface area contributed by atoms with Gasteiger partial charge in [0.05, 0.1) is 21.8 Å². The summed E-state index contributed by atoms with van der Waals surface area (Å²) in [7, 11) is -3.80. The number of fused-ring (bicyclic) bond motifs is 1.